The molecule has 30 heavy (non-hydrogen) atoms. The Labute approximate surface area is 177 Å². The van der Waals surface area contributed by atoms with E-state index >= 15 is 0 Å². The normalized spacial score (nSPS) is 22.2. The first kappa shape index (κ1) is 19.6. The molecule has 1 atom stereocenters. The van der Waals surface area contributed by atoms with Gasteiger partial charge in [-0.2, -0.15) is 0 Å². The monoisotopic (exact) mass is 426 g/mol. The van der Waals surface area contributed by atoms with Crippen molar-refractivity contribution in [2.24, 2.45) is 4.99 Å². The maximum atomic E-state index is 11.9. The number of hydrogen-bond donors (Lipinski definition) is 0. The number of anilines is 1. The topological polar surface area (TPSA) is 91.7 Å². The lowest BCUT2D eigenvalue weighted by molar-refractivity contribution is 0.317. The van der Waals surface area contributed by atoms with Crippen LogP contribution in [-0.2, 0) is 29.5 Å². The van der Waals surface area contributed by atoms with Crippen LogP contribution in [0.3, 0.4) is 0 Å². The van der Waals surface area contributed by atoms with Crippen LogP contribution in [0.25, 0.3) is 0 Å². The van der Waals surface area contributed by atoms with Crippen LogP contribution in [0.15, 0.2) is 23.6 Å². The zero-order chi connectivity index (χ0) is 20.9. The number of rotatable bonds is 3. The quantitative estimate of drug-likeness (QED) is 0.744. The molecule has 0 N–H and O–H groups in total. The van der Waals surface area contributed by atoms with E-state index in [9.17, 15) is 8.42 Å². The van der Waals surface area contributed by atoms with Crippen molar-refractivity contribution in [2.45, 2.75) is 51.2 Å². The summed E-state index contributed by atoms with van der Waals surface area (Å²) in [6, 6.07) is 2.51. The summed E-state index contributed by atoms with van der Waals surface area (Å²) < 4.78 is 25.3. The predicted molar refractivity (Wildman–Crippen MR) is 115 cm³/mol. The molecule has 0 saturated carbocycles. The molecule has 1 fully saturated rings. The molecule has 0 aromatic carbocycles. The molecule has 8 nitrogen and oxygen atoms in total. The molecule has 0 radical (unpaired) electrons. The first-order valence-corrected chi connectivity index (χ1v) is 12.3. The molecule has 3 aliphatic rings. The Morgan fingerprint density at radius 3 is 2.70 bits per heavy atom. The standard InChI is InChI=1S/C21H26N6O2S/c1-14-7-19-18(12-27(14)17-8-16-9-22-11-20(16)23-10-17)21(25-13-24-19)15-3-5-26(6-4-15)30(2,28)29/h8,10-11,13-15H,3-7,9,12H2,1-2H3/t14-/m1/s1. The molecule has 1 saturated heterocycles. The van der Waals surface area contributed by atoms with Gasteiger partial charge >= 0.3 is 0 Å². The van der Waals surface area contributed by atoms with Gasteiger partial charge in [0.25, 0.3) is 0 Å². The highest BCUT2D eigenvalue weighted by atomic mass is 32.2. The van der Waals surface area contributed by atoms with E-state index in [1.54, 1.807) is 10.6 Å². The van der Waals surface area contributed by atoms with E-state index in [4.69, 9.17) is 0 Å². The second kappa shape index (κ2) is 7.39. The summed E-state index contributed by atoms with van der Waals surface area (Å²) in [4.78, 5) is 20.5. The van der Waals surface area contributed by atoms with Crippen LogP contribution < -0.4 is 4.90 Å². The first-order chi connectivity index (χ1) is 14.4. The van der Waals surface area contributed by atoms with Crippen LogP contribution in [0.2, 0.25) is 0 Å². The van der Waals surface area contributed by atoms with Gasteiger partial charge in [0, 0.05) is 55.4 Å². The Morgan fingerprint density at radius 2 is 1.93 bits per heavy atom. The van der Waals surface area contributed by atoms with Crippen LogP contribution in [0.5, 0.6) is 0 Å². The van der Waals surface area contributed by atoms with Crippen molar-refractivity contribution in [3.8, 4) is 0 Å². The molecule has 3 aliphatic heterocycles. The zero-order valence-corrected chi connectivity index (χ0v) is 18.1. The molecule has 9 heteroatoms. The number of nitrogens with zero attached hydrogens (tertiary/aromatic N) is 6. The molecular formula is C21H26N6O2S. The SMILES string of the molecule is C[C@@H]1Cc2ncnc(C3CCN(S(C)(=O)=O)CC3)c2CN1c1cnc2c(c1)CN=C2. The second-order valence-corrected chi connectivity index (χ2v) is 10.5. The Kier molecular flexibility index (Phi) is 4.82. The second-order valence-electron chi connectivity index (χ2n) is 8.51. The van der Waals surface area contributed by atoms with E-state index in [-0.39, 0.29) is 5.92 Å². The highest BCUT2D eigenvalue weighted by Crippen LogP contribution is 2.35. The van der Waals surface area contributed by atoms with Gasteiger partial charge in [0.2, 0.25) is 10.0 Å². The lowest BCUT2D eigenvalue weighted by atomic mass is 9.88. The van der Waals surface area contributed by atoms with E-state index in [1.807, 2.05) is 12.4 Å². The average Bonchev–Trinajstić information content (AvgIpc) is 3.20. The van der Waals surface area contributed by atoms with Gasteiger partial charge in [0.1, 0.15) is 6.33 Å². The summed E-state index contributed by atoms with van der Waals surface area (Å²) in [7, 11) is -3.13. The third kappa shape index (κ3) is 3.50. The number of pyridine rings is 1. The van der Waals surface area contributed by atoms with Gasteiger partial charge in [-0.3, -0.25) is 9.98 Å². The van der Waals surface area contributed by atoms with Gasteiger partial charge in [-0.1, -0.05) is 0 Å². The number of sulfonamides is 1. The minimum Gasteiger partial charge on any atom is -0.363 e. The summed E-state index contributed by atoms with van der Waals surface area (Å²) in [5.41, 5.74) is 6.65. The lowest BCUT2D eigenvalue weighted by Crippen LogP contribution is -2.41. The van der Waals surface area contributed by atoms with Crippen LogP contribution in [0.4, 0.5) is 5.69 Å². The largest absolute Gasteiger partial charge is 0.363 e. The van der Waals surface area contributed by atoms with Gasteiger partial charge in [0.05, 0.1) is 41.8 Å². The molecule has 0 bridgehead atoms. The van der Waals surface area contributed by atoms with Crippen LogP contribution in [-0.4, -0.2) is 59.3 Å². The van der Waals surface area contributed by atoms with Crippen molar-refractivity contribution in [1.82, 2.24) is 19.3 Å². The van der Waals surface area contributed by atoms with E-state index in [2.05, 4.69) is 37.8 Å². The van der Waals surface area contributed by atoms with Gasteiger partial charge in [-0.15, -0.1) is 0 Å². The van der Waals surface area contributed by atoms with Crippen LogP contribution >= 0.6 is 0 Å². The zero-order valence-electron chi connectivity index (χ0n) is 17.3. The Morgan fingerprint density at radius 1 is 1.13 bits per heavy atom. The molecular weight excluding hydrogens is 400 g/mol. The third-order valence-corrected chi connectivity index (χ3v) is 7.82. The Bertz CT molecular complexity index is 1110. The summed E-state index contributed by atoms with van der Waals surface area (Å²) in [5.74, 6) is 0.265. The summed E-state index contributed by atoms with van der Waals surface area (Å²) >= 11 is 0. The average molecular weight is 427 g/mol. The smallest absolute Gasteiger partial charge is 0.211 e. The van der Waals surface area contributed by atoms with Gasteiger partial charge in [-0.25, -0.2) is 22.7 Å². The Hall–Kier alpha value is -2.39. The summed E-state index contributed by atoms with van der Waals surface area (Å²) in [6.07, 6.45) is 9.19. The van der Waals surface area contributed by atoms with Gasteiger partial charge in [-0.05, 0) is 25.8 Å². The number of fused-ring (bicyclic) bond motifs is 2. The molecule has 2 aromatic heterocycles. The Balaban J connectivity index is 1.42. The van der Waals surface area contributed by atoms with Crippen molar-refractivity contribution < 1.29 is 8.42 Å². The molecule has 5 rings (SSSR count). The molecule has 0 aliphatic carbocycles. The van der Waals surface area contributed by atoms with Crippen molar-refractivity contribution in [3.05, 3.63) is 46.8 Å². The maximum absolute atomic E-state index is 11.9. The van der Waals surface area contributed by atoms with Crippen molar-refractivity contribution >= 4 is 21.9 Å². The van der Waals surface area contributed by atoms with Gasteiger partial charge < -0.3 is 4.90 Å². The van der Waals surface area contributed by atoms with Gasteiger partial charge in [0.15, 0.2) is 0 Å². The molecule has 2 aromatic rings. The van der Waals surface area contributed by atoms with Crippen molar-refractivity contribution in [3.63, 3.8) is 0 Å². The van der Waals surface area contributed by atoms with Crippen molar-refractivity contribution in [2.75, 3.05) is 24.2 Å². The van der Waals surface area contributed by atoms with E-state index in [1.165, 1.54) is 17.4 Å². The molecule has 0 spiro atoms. The van der Waals surface area contributed by atoms with E-state index in [0.29, 0.717) is 25.7 Å². The fraction of sp³-hybridized carbons (Fsp3) is 0.524. The highest BCUT2D eigenvalue weighted by molar-refractivity contribution is 7.88. The molecule has 5 heterocycles. The minimum absolute atomic E-state index is 0.265. The van der Waals surface area contributed by atoms with Crippen molar-refractivity contribution in [1.29, 1.82) is 0 Å². The fourth-order valence-electron chi connectivity index (χ4n) is 4.83. The molecule has 0 unspecified atom stereocenters. The highest BCUT2D eigenvalue weighted by Gasteiger charge is 2.32. The van der Waals surface area contributed by atoms with Crippen LogP contribution in [0.1, 0.15) is 53.9 Å². The number of aromatic nitrogens is 3. The molecule has 158 valence electrons. The maximum Gasteiger partial charge on any atom is 0.211 e. The van der Waals surface area contributed by atoms with E-state index in [0.717, 1.165) is 48.6 Å². The fourth-order valence-corrected chi connectivity index (χ4v) is 5.70. The lowest BCUT2D eigenvalue weighted by Gasteiger charge is -2.38. The summed E-state index contributed by atoms with van der Waals surface area (Å²) in [5, 5.41) is 0. The van der Waals surface area contributed by atoms with E-state index < -0.39 is 10.0 Å². The van der Waals surface area contributed by atoms with Crippen LogP contribution in [0, 0.1) is 0 Å². The minimum atomic E-state index is -3.13. The number of piperidine rings is 1. The predicted octanol–water partition coefficient (Wildman–Crippen LogP) is 1.89. The number of hydrogen-bond acceptors (Lipinski definition) is 7. The third-order valence-electron chi connectivity index (χ3n) is 6.52. The summed E-state index contributed by atoms with van der Waals surface area (Å²) in [6.45, 7) is 4.77. The number of aliphatic imine (C=N–C) groups is 1. The molecule has 0 amide bonds. The first-order valence-electron chi connectivity index (χ1n) is 10.4.